The summed E-state index contributed by atoms with van der Waals surface area (Å²) in [5, 5.41) is 3.48. The molecule has 3 nitrogen and oxygen atoms in total. The van der Waals surface area contributed by atoms with E-state index in [4.69, 9.17) is 16.3 Å². The fourth-order valence-electron chi connectivity index (χ4n) is 1.52. The highest BCUT2D eigenvalue weighted by molar-refractivity contribution is 6.29. The second-order valence-corrected chi connectivity index (χ2v) is 4.06. The average Bonchev–Trinajstić information content (AvgIpc) is 2.37. The normalized spacial score (nSPS) is 10.2. The van der Waals surface area contributed by atoms with Crippen molar-refractivity contribution in [2.24, 2.45) is 0 Å². The second-order valence-electron chi connectivity index (χ2n) is 3.67. The van der Waals surface area contributed by atoms with Crippen molar-refractivity contribution in [2.75, 3.05) is 12.4 Å². The Hall–Kier alpha value is -1.81. The van der Waals surface area contributed by atoms with Crippen LogP contribution < -0.4 is 10.1 Å². The number of halogens is 2. The number of pyridine rings is 1. The maximum atomic E-state index is 13.5. The van der Waals surface area contributed by atoms with Crippen LogP contribution in [0.1, 0.15) is 5.56 Å². The molecule has 18 heavy (non-hydrogen) atoms. The van der Waals surface area contributed by atoms with Crippen molar-refractivity contribution in [2.45, 2.75) is 6.54 Å². The van der Waals surface area contributed by atoms with Crippen LogP contribution >= 0.6 is 11.6 Å². The van der Waals surface area contributed by atoms with Crippen molar-refractivity contribution in [1.82, 2.24) is 4.98 Å². The van der Waals surface area contributed by atoms with Gasteiger partial charge < -0.3 is 10.1 Å². The number of rotatable bonds is 4. The summed E-state index contributed by atoms with van der Waals surface area (Å²) >= 11 is 5.76. The Balaban J connectivity index is 2.04. The van der Waals surface area contributed by atoms with Gasteiger partial charge in [-0.05, 0) is 29.8 Å². The molecule has 1 heterocycles. The monoisotopic (exact) mass is 266 g/mol. The topological polar surface area (TPSA) is 34.1 Å². The molecule has 1 aromatic heterocycles. The third-order valence-electron chi connectivity index (χ3n) is 2.40. The smallest absolute Gasteiger partial charge is 0.165 e. The molecule has 1 aromatic carbocycles. The van der Waals surface area contributed by atoms with E-state index in [1.54, 1.807) is 30.3 Å². The molecule has 0 amide bonds. The molecular weight excluding hydrogens is 255 g/mol. The maximum Gasteiger partial charge on any atom is 0.165 e. The zero-order valence-electron chi connectivity index (χ0n) is 9.78. The van der Waals surface area contributed by atoms with Crippen molar-refractivity contribution in [3.63, 3.8) is 0 Å². The van der Waals surface area contributed by atoms with Crippen LogP contribution in [-0.4, -0.2) is 12.1 Å². The summed E-state index contributed by atoms with van der Waals surface area (Å²) in [6, 6.07) is 10.1. The van der Waals surface area contributed by atoms with Gasteiger partial charge in [0.25, 0.3) is 0 Å². The van der Waals surface area contributed by atoms with Crippen LogP contribution in [-0.2, 0) is 6.54 Å². The molecule has 0 atom stereocenters. The molecule has 0 saturated carbocycles. The van der Waals surface area contributed by atoms with Gasteiger partial charge in [0.05, 0.1) is 7.11 Å². The van der Waals surface area contributed by atoms with Crippen LogP contribution in [0.15, 0.2) is 36.4 Å². The number of nitrogens with zero attached hydrogens (tertiary/aromatic N) is 1. The van der Waals surface area contributed by atoms with Gasteiger partial charge in [-0.25, -0.2) is 9.37 Å². The molecule has 0 spiro atoms. The molecule has 0 aliphatic heterocycles. The van der Waals surface area contributed by atoms with Crippen molar-refractivity contribution in [1.29, 1.82) is 0 Å². The minimum Gasteiger partial charge on any atom is -0.494 e. The maximum absolute atomic E-state index is 13.5. The summed E-state index contributed by atoms with van der Waals surface area (Å²) in [6.07, 6.45) is 0. The molecule has 0 bridgehead atoms. The number of benzene rings is 1. The van der Waals surface area contributed by atoms with Gasteiger partial charge in [0.2, 0.25) is 0 Å². The van der Waals surface area contributed by atoms with Gasteiger partial charge in [-0.15, -0.1) is 0 Å². The standard InChI is InChI=1S/C13H12ClFN2O/c1-18-11-6-5-9(7-10(11)15)8-16-13-4-2-3-12(14)17-13/h2-7H,8H2,1H3,(H,16,17). The minimum atomic E-state index is -0.379. The van der Waals surface area contributed by atoms with E-state index >= 15 is 0 Å². The average molecular weight is 267 g/mol. The first-order valence-electron chi connectivity index (χ1n) is 5.38. The summed E-state index contributed by atoms with van der Waals surface area (Å²) in [4.78, 5) is 4.08. The van der Waals surface area contributed by atoms with Crippen LogP contribution in [0.3, 0.4) is 0 Å². The van der Waals surface area contributed by atoms with E-state index in [0.717, 1.165) is 5.56 Å². The van der Waals surface area contributed by atoms with Gasteiger partial charge in [-0.2, -0.15) is 0 Å². The van der Waals surface area contributed by atoms with Gasteiger partial charge in [0.15, 0.2) is 11.6 Å². The number of ether oxygens (including phenoxy) is 1. The van der Waals surface area contributed by atoms with E-state index in [-0.39, 0.29) is 11.6 Å². The van der Waals surface area contributed by atoms with Gasteiger partial charge in [0.1, 0.15) is 11.0 Å². The number of hydrogen-bond acceptors (Lipinski definition) is 3. The van der Waals surface area contributed by atoms with E-state index in [0.29, 0.717) is 17.5 Å². The van der Waals surface area contributed by atoms with Gasteiger partial charge in [-0.1, -0.05) is 23.7 Å². The summed E-state index contributed by atoms with van der Waals surface area (Å²) in [6.45, 7) is 0.467. The molecule has 0 fully saturated rings. The third kappa shape index (κ3) is 3.11. The number of hydrogen-bond donors (Lipinski definition) is 1. The summed E-state index contributed by atoms with van der Waals surface area (Å²) in [5.74, 6) is 0.509. The Morgan fingerprint density at radius 3 is 2.83 bits per heavy atom. The Morgan fingerprint density at radius 1 is 1.33 bits per heavy atom. The molecular formula is C13H12ClFN2O. The molecule has 0 radical (unpaired) electrons. The summed E-state index contributed by atoms with van der Waals surface area (Å²) in [7, 11) is 1.44. The lowest BCUT2D eigenvalue weighted by molar-refractivity contribution is 0.386. The van der Waals surface area contributed by atoms with Crippen molar-refractivity contribution in [3.8, 4) is 5.75 Å². The lowest BCUT2D eigenvalue weighted by Gasteiger charge is -2.07. The molecule has 0 unspecified atom stereocenters. The lowest BCUT2D eigenvalue weighted by Crippen LogP contribution is -2.02. The zero-order valence-corrected chi connectivity index (χ0v) is 10.5. The van der Waals surface area contributed by atoms with Crippen molar-refractivity contribution >= 4 is 17.4 Å². The van der Waals surface area contributed by atoms with E-state index in [9.17, 15) is 4.39 Å². The first kappa shape index (κ1) is 12.6. The van der Waals surface area contributed by atoms with Crippen LogP contribution in [0.25, 0.3) is 0 Å². The fraction of sp³-hybridized carbons (Fsp3) is 0.154. The quantitative estimate of drug-likeness (QED) is 0.860. The van der Waals surface area contributed by atoms with Crippen LogP contribution in [0.2, 0.25) is 5.15 Å². The number of nitrogens with one attached hydrogen (secondary N) is 1. The second kappa shape index (κ2) is 5.69. The van der Waals surface area contributed by atoms with E-state index in [1.165, 1.54) is 13.2 Å². The fourth-order valence-corrected chi connectivity index (χ4v) is 1.68. The highest BCUT2D eigenvalue weighted by Gasteiger charge is 2.03. The predicted molar refractivity (Wildman–Crippen MR) is 69.5 cm³/mol. The predicted octanol–water partition coefficient (Wildman–Crippen LogP) is 3.49. The van der Waals surface area contributed by atoms with Crippen molar-refractivity contribution in [3.05, 3.63) is 52.9 Å². The van der Waals surface area contributed by atoms with Gasteiger partial charge in [-0.3, -0.25) is 0 Å². The van der Waals surface area contributed by atoms with Crippen LogP contribution in [0, 0.1) is 5.82 Å². The largest absolute Gasteiger partial charge is 0.494 e. The Labute approximate surface area is 110 Å². The molecule has 2 rings (SSSR count). The molecule has 94 valence electrons. The number of methoxy groups -OCH3 is 1. The first-order chi connectivity index (χ1) is 8.69. The first-order valence-corrected chi connectivity index (χ1v) is 5.75. The Morgan fingerprint density at radius 2 is 2.17 bits per heavy atom. The van der Waals surface area contributed by atoms with E-state index in [1.807, 2.05) is 0 Å². The molecule has 0 aliphatic rings. The van der Waals surface area contributed by atoms with Gasteiger partial charge in [0, 0.05) is 6.54 Å². The lowest BCUT2D eigenvalue weighted by atomic mass is 10.2. The highest BCUT2D eigenvalue weighted by atomic mass is 35.5. The van der Waals surface area contributed by atoms with E-state index in [2.05, 4.69) is 10.3 Å². The third-order valence-corrected chi connectivity index (χ3v) is 2.62. The molecule has 1 N–H and O–H groups in total. The summed E-state index contributed by atoms with van der Waals surface area (Å²) < 4.78 is 18.3. The molecule has 5 heteroatoms. The molecule has 0 saturated heterocycles. The van der Waals surface area contributed by atoms with Gasteiger partial charge >= 0.3 is 0 Å². The molecule has 0 aliphatic carbocycles. The number of anilines is 1. The van der Waals surface area contributed by atoms with Crippen LogP contribution in [0.5, 0.6) is 5.75 Å². The highest BCUT2D eigenvalue weighted by Crippen LogP contribution is 2.18. The number of aromatic nitrogens is 1. The van der Waals surface area contributed by atoms with Crippen molar-refractivity contribution < 1.29 is 9.13 Å². The van der Waals surface area contributed by atoms with Crippen LogP contribution in [0.4, 0.5) is 10.2 Å². The van der Waals surface area contributed by atoms with E-state index < -0.39 is 0 Å². The SMILES string of the molecule is COc1ccc(CNc2cccc(Cl)n2)cc1F. The Kier molecular flexibility index (Phi) is 3.99. The molecule has 2 aromatic rings. The zero-order chi connectivity index (χ0) is 13.0. The summed E-state index contributed by atoms with van der Waals surface area (Å²) in [5.41, 5.74) is 0.801. The Bertz CT molecular complexity index is 548. The minimum absolute atomic E-state index is 0.236.